The lowest BCUT2D eigenvalue weighted by molar-refractivity contribution is -0.134. The van der Waals surface area contributed by atoms with E-state index in [9.17, 15) is 9.59 Å². The Labute approximate surface area is 201 Å². The predicted molar refractivity (Wildman–Crippen MR) is 136 cm³/mol. The van der Waals surface area contributed by atoms with Crippen LogP contribution in [0.3, 0.4) is 0 Å². The van der Waals surface area contributed by atoms with Crippen molar-refractivity contribution in [1.29, 1.82) is 0 Å². The number of hydrogen-bond donors (Lipinski definition) is 0. The Kier molecular flexibility index (Phi) is 7.96. The summed E-state index contributed by atoms with van der Waals surface area (Å²) in [4.78, 5) is 33.8. The average Bonchev–Trinajstić information content (AvgIpc) is 2.75. The van der Waals surface area contributed by atoms with Crippen molar-refractivity contribution in [2.75, 3.05) is 6.54 Å². The zero-order valence-electron chi connectivity index (χ0n) is 20.4. The highest BCUT2D eigenvalue weighted by Crippen LogP contribution is 2.28. The third-order valence-electron chi connectivity index (χ3n) is 5.97. The number of rotatable bonds is 8. The molecular formula is C27H34ClN3O2. The van der Waals surface area contributed by atoms with Gasteiger partial charge < -0.3 is 4.90 Å². The van der Waals surface area contributed by atoms with Gasteiger partial charge in [0, 0.05) is 18.0 Å². The molecule has 5 nitrogen and oxygen atoms in total. The maximum absolute atomic E-state index is 13.7. The molecule has 3 rings (SSSR count). The molecule has 0 aliphatic rings. The molecule has 1 heterocycles. The predicted octanol–water partition coefficient (Wildman–Crippen LogP) is 6.33. The Morgan fingerprint density at radius 2 is 1.73 bits per heavy atom. The van der Waals surface area contributed by atoms with Gasteiger partial charge >= 0.3 is 0 Å². The molecule has 1 aromatic heterocycles. The van der Waals surface area contributed by atoms with E-state index in [2.05, 4.69) is 13.8 Å². The third-order valence-corrected chi connectivity index (χ3v) is 6.38. The fourth-order valence-electron chi connectivity index (χ4n) is 4.04. The second-order valence-corrected chi connectivity index (χ2v) is 9.96. The summed E-state index contributed by atoms with van der Waals surface area (Å²) < 4.78 is 1.64. The highest BCUT2D eigenvalue weighted by Gasteiger charge is 2.27. The van der Waals surface area contributed by atoms with E-state index in [1.54, 1.807) is 10.6 Å². The normalized spacial score (nSPS) is 12.5. The van der Waals surface area contributed by atoms with Crippen molar-refractivity contribution in [3.8, 4) is 5.69 Å². The zero-order valence-corrected chi connectivity index (χ0v) is 21.2. The lowest BCUT2D eigenvalue weighted by Crippen LogP contribution is -2.39. The lowest BCUT2D eigenvalue weighted by atomic mass is 10.1. The Balaban J connectivity index is 2.25. The van der Waals surface area contributed by atoms with Crippen LogP contribution >= 0.6 is 11.6 Å². The van der Waals surface area contributed by atoms with Gasteiger partial charge in [-0.1, -0.05) is 57.5 Å². The highest BCUT2D eigenvalue weighted by molar-refractivity contribution is 6.31. The number of aromatic nitrogens is 2. The van der Waals surface area contributed by atoms with Gasteiger partial charge in [-0.2, -0.15) is 0 Å². The number of amides is 1. The Hall–Kier alpha value is -2.66. The van der Waals surface area contributed by atoms with Gasteiger partial charge in [-0.05, 0) is 61.9 Å². The number of carbonyl (C=O) groups is 1. The largest absolute Gasteiger partial charge is 0.333 e. The minimum absolute atomic E-state index is 0.0786. The average molecular weight is 468 g/mol. The van der Waals surface area contributed by atoms with Crippen LogP contribution in [0.25, 0.3) is 16.6 Å². The van der Waals surface area contributed by atoms with Gasteiger partial charge in [-0.15, -0.1) is 0 Å². The molecule has 0 aliphatic heterocycles. The van der Waals surface area contributed by atoms with E-state index < -0.39 is 0 Å². The molecule has 0 bridgehead atoms. The van der Waals surface area contributed by atoms with Gasteiger partial charge in [0.25, 0.3) is 5.56 Å². The smallest absolute Gasteiger partial charge is 0.266 e. The standard InChI is InChI=1S/C27H34ClN3O2/c1-17(2)14-15-30(25(32)16-18(3)4)20(6)26-29-23-12-8-7-10-21(23)27(33)31(26)24-13-9-11-22(28)19(24)5/h7-13,17-18,20H,14-16H2,1-6H3. The molecule has 1 atom stereocenters. The Bertz CT molecular complexity index is 1200. The van der Waals surface area contributed by atoms with E-state index >= 15 is 0 Å². The second-order valence-electron chi connectivity index (χ2n) is 9.56. The van der Waals surface area contributed by atoms with Gasteiger partial charge in [0.1, 0.15) is 5.82 Å². The summed E-state index contributed by atoms with van der Waals surface area (Å²) in [6.45, 7) is 12.9. The van der Waals surface area contributed by atoms with E-state index in [1.807, 2.05) is 69.0 Å². The summed E-state index contributed by atoms with van der Waals surface area (Å²) in [5.41, 5.74) is 1.95. The first-order valence-corrected chi connectivity index (χ1v) is 12.1. The van der Waals surface area contributed by atoms with Crippen LogP contribution in [0.15, 0.2) is 47.3 Å². The van der Waals surface area contributed by atoms with Crippen LogP contribution in [0.5, 0.6) is 0 Å². The molecule has 176 valence electrons. The summed E-state index contributed by atoms with van der Waals surface area (Å²) in [6, 6.07) is 12.5. The summed E-state index contributed by atoms with van der Waals surface area (Å²) in [7, 11) is 0. The summed E-state index contributed by atoms with van der Waals surface area (Å²) in [5, 5.41) is 1.12. The van der Waals surface area contributed by atoms with Crippen molar-refractivity contribution in [3.63, 3.8) is 0 Å². The van der Waals surface area contributed by atoms with Crippen molar-refractivity contribution in [3.05, 3.63) is 69.2 Å². The molecule has 2 aromatic carbocycles. The van der Waals surface area contributed by atoms with E-state index in [4.69, 9.17) is 16.6 Å². The molecule has 0 fully saturated rings. The number of nitrogens with zero attached hydrogens (tertiary/aromatic N) is 3. The second kappa shape index (κ2) is 10.5. The number of fused-ring (bicyclic) bond motifs is 1. The molecule has 0 radical (unpaired) electrons. The van der Waals surface area contributed by atoms with Gasteiger partial charge in [0.2, 0.25) is 5.91 Å². The van der Waals surface area contributed by atoms with E-state index in [1.165, 1.54) is 0 Å². The molecule has 6 heteroatoms. The van der Waals surface area contributed by atoms with E-state index in [0.29, 0.717) is 46.3 Å². The molecule has 0 spiro atoms. The molecule has 1 unspecified atom stereocenters. The topological polar surface area (TPSA) is 55.2 Å². The molecular weight excluding hydrogens is 434 g/mol. The molecule has 0 saturated carbocycles. The molecule has 0 N–H and O–H groups in total. The first-order chi connectivity index (χ1) is 15.6. The number of benzene rings is 2. The van der Waals surface area contributed by atoms with Crippen molar-refractivity contribution >= 4 is 28.4 Å². The van der Waals surface area contributed by atoms with Crippen molar-refractivity contribution in [1.82, 2.24) is 14.5 Å². The van der Waals surface area contributed by atoms with Gasteiger partial charge in [-0.25, -0.2) is 4.98 Å². The highest BCUT2D eigenvalue weighted by atomic mass is 35.5. The first-order valence-electron chi connectivity index (χ1n) is 11.7. The van der Waals surface area contributed by atoms with Gasteiger partial charge in [0.05, 0.1) is 22.6 Å². The van der Waals surface area contributed by atoms with E-state index in [-0.39, 0.29) is 23.4 Å². The van der Waals surface area contributed by atoms with Crippen molar-refractivity contribution in [2.45, 2.75) is 60.4 Å². The monoisotopic (exact) mass is 467 g/mol. The lowest BCUT2D eigenvalue weighted by Gasteiger charge is -2.32. The fourth-order valence-corrected chi connectivity index (χ4v) is 4.21. The van der Waals surface area contributed by atoms with Crippen LogP contribution in [-0.4, -0.2) is 26.9 Å². The van der Waals surface area contributed by atoms with Gasteiger partial charge in [-0.3, -0.25) is 14.2 Å². The van der Waals surface area contributed by atoms with Crippen molar-refractivity contribution < 1.29 is 4.79 Å². The number of hydrogen-bond acceptors (Lipinski definition) is 3. The number of halogens is 1. The van der Waals surface area contributed by atoms with Crippen LogP contribution in [0, 0.1) is 18.8 Å². The molecule has 0 saturated heterocycles. The summed E-state index contributed by atoms with van der Waals surface area (Å²) >= 11 is 6.42. The van der Waals surface area contributed by atoms with Crippen LogP contribution in [0.2, 0.25) is 5.02 Å². The number of carbonyl (C=O) groups excluding carboxylic acids is 1. The third kappa shape index (κ3) is 5.47. The number of para-hydroxylation sites is 1. The quantitative estimate of drug-likeness (QED) is 0.389. The minimum atomic E-state index is -0.384. The maximum Gasteiger partial charge on any atom is 0.266 e. The van der Waals surface area contributed by atoms with Crippen LogP contribution < -0.4 is 5.56 Å². The minimum Gasteiger partial charge on any atom is -0.333 e. The molecule has 1 amide bonds. The molecule has 33 heavy (non-hydrogen) atoms. The fraction of sp³-hybridized carbons (Fsp3) is 0.444. The zero-order chi connectivity index (χ0) is 24.3. The van der Waals surface area contributed by atoms with Crippen LogP contribution in [-0.2, 0) is 4.79 Å². The van der Waals surface area contributed by atoms with E-state index in [0.717, 1.165) is 12.0 Å². The SMILES string of the molecule is Cc1c(Cl)cccc1-n1c(C(C)N(CCC(C)C)C(=O)CC(C)C)nc2ccccc2c1=O. The van der Waals surface area contributed by atoms with Crippen molar-refractivity contribution in [2.24, 2.45) is 11.8 Å². The Morgan fingerprint density at radius 3 is 2.39 bits per heavy atom. The van der Waals surface area contributed by atoms with Crippen LogP contribution in [0.4, 0.5) is 0 Å². The van der Waals surface area contributed by atoms with Gasteiger partial charge in [0.15, 0.2) is 0 Å². The van der Waals surface area contributed by atoms with Crippen LogP contribution in [0.1, 0.15) is 64.9 Å². The maximum atomic E-state index is 13.7. The summed E-state index contributed by atoms with van der Waals surface area (Å²) in [6.07, 6.45) is 1.33. The Morgan fingerprint density at radius 1 is 1.03 bits per heavy atom. The molecule has 0 aliphatic carbocycles. The molecule has 3 aromatic rings. The first kappa shape index (κ1) is 25.0. The summed E-state index contributed by atoms with van der Waals surface area (Å²) in [5.74, 6) is 1.32.